The van der Waals surface area contributed by atoms with Crippen molar-refractivity contribution in [1.29, 1.82) is 0 Å². The summed E-state index contributed by atoms with van der Waals surface area (Å²) < 4.78 is 5.05. The second-order valence-corrected chi connectivity index (χ2v) is 3.58. The molecule has 0 unspecified atom stereocenters. The van der Waals surface area contributed by atoms with E-state index in [-0.39, 0.29) is 0 Å². The number of piperidine rings is 1. The molecule has 1 rings (SSSR count). The van der Waals surface area contributed by atoms with Gasteiger partial charge in [-0.05, 0) is 26.3 Å². The molecule has 2 atom stereocenters. The Morgan fingerprint density at radius 1 is 1.58 bits per heavy atom. The van der Waals surface area contributed by atoms with Crippen molar-refractivity contribution in [2.45, 2.75) is 31.8 Å². The average Bonchev–Trinajstić information content (AvgIpc) is 2.08. The Morgan fingerprint density at radius 3 is 3.00 bits per heavy atom. The molecule has 3 heteroatoms. The van der Waals surface area contributed by atoms with Crippen LogP contribution in [0.2, 0.25) is 0 Å². The van der Waals surface area contributed by atoms with E-state index in [1.165, 1.54) is 19.4 Å². The largest absolute Gasteiger partial charge is 0.383 e. The molecule has 0 aromatic carbocycles. The minimum atomic E-state index is 0.357. The third-order valence-corrected chi connectivity index (χ3v) is 2.76. The fraction of sp³-hybridized carbons (Fsp3) is 1.00. The fourth-order valence-electron chi connectivity index (χ4n) is 1.77. The van der Waals surface area contributed by atoms with Crippen LogP contribution in [0.15, 0.2) is 0 Å². The Morgan fingerprint density at radius 2 is 2.33 bits per heavy atom. The molecule has 1 saturated heterocycles. The molecule has 3 nitrogen and oxygen atoms in total. The van der Waals surface area contributed by atoms with Gasteiger partial charge in [0.15, 0.2) is 0 Å². The van der Waals surface area contributed by atoms with Crippen molar-refractivity contribution >= 4 is 0 Å². The van der Waals surface area contributed by atoms with E-state index in [2.05, 4.69) is 11.8 Å². The van der Waals surface area contributed by atoms with Gasteiger partial charge in [0.1, 0.15) is 0 Å². The number of rotatable bonds is 3. The Bertz CT molecular complexity index is 130. The maximum absolute atomic E-state index is 5.96. The summed E-state index contributed by atoms with van der Waals surface area (Å²) in [5.74, 6) is 0. The summed E-state index contributed by atoms with van der Waals surface area (Å²) in [4.78, 5) is 2.41. The minimum absolute atomic E-state index is 0.357. The maximum Gasteiger partial charge on any atom is 0.0589 e. The SMILES string of the molecule is COCCN1CCC[C@@H](N)[C@H]1C. The van der Waals surface area contributed by atoms with E-state index in [0.29, 0.717) is 12.1 Å². The number of likely N-dealkylation sites (tertiary alicyclic amines) is 1. The first-order valence-electron chi connectivity index (χ1n) is 4.74. The Kier molecular flexibility index (Phi) is 3.98. The van der Waals surface area contributed by atoms with Gasteiger partial charge >= 0.3 is 0 Å². The summed E-state index contributed by atoms with van der Waals surface area (Å²) in [6.45, 7) is 5.22. The molecule has 0 radical (unpaired) electrons. The zero-order valence-corrected chi connectivity index (χ0v) is 8.12. The Balaban J connectivity index is 2.30. The van der Waals surface area contributed by atoms with Gasteiger partial charge in [-0.1, -0.05) is 0 Å². The van der Waals surface area contributed by atoms with Crippen molar-refractivity contribution in [1.82, 2.24) is 4.90 Å². The van der Waals surface area contributed by atoms with Crippen molar-refractivity contribution in [2.75, 3.05) is 26.8 Å². The highest BCUT2D eigenvalue weighted by atomic mass is 16.5. The van der Waals surface area contributed by atoms with E-state index >= 15 is 0 Å². The van der Waals surface area contributed by atoms with Crippen molar-refractivity contribution < 1.29 is 4.74 Å². The number of nitrogens with two attached hydrogens (primary N) is 1. The predicted molar refractivity (Wildman–Crippen MR) is 50.1 cm³/mol. The van der Waals surface area contributed by atoms with E-state index in [4.69, 9.17) is 10.5 Å². The van der Waals surface area contributed by atoms with E-state index in [0.717, 1.165) is 13.2 Å². The van der Waals surface area contributed by atoms with Crippen LogP contribution in [0, 0.1) is 0 Å². The highest BCUT2D eigenvalue weighted by Crippen LogP contribution is 2.14. The Labute approximate surface area is 74.9 Å². The second-order valence-electron chi connectivity index (χ2n) is 3.58. The van der Waals surface area contributed by atoms with Crippen LogP contribution >= 0.6 is 0 Å². The lowest BCUT2D eigenvalue weighted by atomic mass is 9.99. The highest BCUT2D eigenvalue weighted by Gasteiger charge is 2.24. The number of nitrogens with zero attached hydrogens (tertiary/aromatic N) is 1. The molecule has 0 bridgehead atoms. The van der Waals surface area contributed by atoms with Crippen molar-refractivity contribution in [3.05, 3.63) is 0 Å². The molecular weight excluding hydrogens is 152 g/mol. The van der Waals surface area contributed by atoms with Crippen LogP contribution in [0.3, 0.4) is 0 Å². The molecule has 1 heterocycles. The van der Waals surface area contributed by atoms with Crippen molar-refractivity contribution in [3.63, 3.8) is 0 Å². The number of methoxy groups -OCH3 is 1. The molecule has 72 valence electrons. The Hall–Kier alpha value is -0.120. The van der Waals surface area contributed by atoms with Crippen molar-refractivity contribution in [2.24, 2.45) is 5.73 Å². The molecule has 0 aromatic heterocycles. The molecule has 0 spiro atoms. The summed E-state index contributed by atoms with van der Waals surface area (Å²) in [5, 5.41) is 0. The first kappa shape index (κ1) is 9.96. The van der Waals surface area contributed by atoms with Gasteiger partial charge in [0.2, 0.25) is 0 Å². The van der Waals surface area contributed by atoms with Crippen molar-refractivity contribution in [3.8, 4) is 0 Å². The van der Waals surface area contributed by atoms with Crippen LogP contribution in [-0.2, 0) is 4.74 Å². The zero-order valence-electron chi connectivity index (χ0n) is 8.12. The summed E-state index contributed by atoms with van der Waals surface area (Å²) >= 11 is 0. The van der Waals surface area contributed by atoms with Crippen LogP contribution in [-0.4, -0.2) is 43.8 Å². The molecule has 12 heavy (non-hydrogen) atoms. The van der Waals surface area contributed by atoms with E-state index < -0.39 is 0 Å². The quantitative estimate of drug-likeness (QED) is 0.671. The predicted octanol–water partition coefficient (Wildman–Crippen LogP) is 0.444. The van der Waals surface area contributed by atoms with Gasteiger partial charge in [-0.2, -0.15) is 0 Å². The molecule has 0 aliphatic carbocycles. The molecule has 0 saturated carbocycles. The molecule has 2 N–H and O–H groups in total. The van der Waals surface area contributed by atoms with E-state index in [1.54, 1.807) is 7.11 Å². The molecule has 1 aliphatic rings. The topological polar surface area (TPSA) is 38.5 Å². The lowest BCUT2D eigenvalue weighted by Crippen LogP contribution is -2.51. The van der Waals surface area contributed by atoms with Gasteiger partial charge in [0, 0.05) is 25.7 Å². The molecule has 0 aromatic rings. The lowest BCUT2D eigenvalue weighted by Gasteiger charge is -2.37. The third kappa shape index (κ3) is 2.44. The standard InChI is InChI=1S/C9H20N2O/c1-8-9(10)4-3-5-11(8)6-7-12-2/h8-9H,3-7,10H2,1-2H3/t8-,9-/m1/s1. The normalized spacial score (nSPS) is 32.2. The van der Waals surface area contributed by atoms with Crippen LogP contribution in [0.1, 0.15) is 19.8 Å². The van der Waals surface area contributed by atoms with Gasteiger partial charge in [0.25, 0.3) is 0 Å². The fourth-order valence-corrected chi connectivity index (χ4v) is 1.77. The zero-order chi connectivity index (χ0) is 8.97. The highest BCUT2D eigenvalue weighted by molar-refractivity contribution is 4.83. The van der Waals surface area contributed by atoms with E-state index in [9.17, 15) is 0 Å². The summed E-state index contributed by atoms with van der Waals surface area (Å²) in [5.41, 5.74) is 5.96. The van der Waals surface area contributed by atoms with Gasteiger partial charge < -0.3 is 10.5 Å². The molecule has 1 fully saturated rings. The van der Waals surface area contributed by atoms with Gasteiger partial charge in [-0.3, -0.25) is 4.90 Å². The molecular formula is C9H20N2O. The van der Waals surface area contributed by atoms with Crippen LogP contribution in [0.5, 0.6) is 0 Å². The van der Waals surface area contributed by atoms with Crippen LogP contribution in [0.25, 0.3) is 0 Å². The second kappa shape index (κ2) is 4.80. The van der Waals surface area contributed by atoms with Gasteiger partial charge in [0.05, 0.1) is 6.61 Å². The first-order chi connectivity index (χ1) is 5.75. The first-order valence-corrected chi connectivity index (χ1v) is 4.74. The average molecular weight is 172 g/mol. The summed E-state index contributed by atoms with van der Waals surface area (Å²) in [6, 6.07) is 0.879. The van der Waals surface area contributed by atoms with Crippen LogP contribution in [0.4, 0.5) is 0 Å². The van der Waals surface area contributed by atoms with Gasteiger partial charge in [-0.25, -0.2) is 0 Å². The van der Waals surface area contributed by atoms with Gasteiger partial charge in [-0.15, -0.1) is 0 Å². The lowest BCUT2D eigenvalue weighted by molar-refractivity contribution is 0.0929. The third-order valence-electron chi connectivity index (χ3n) is 2.76. The van der Waals surface area contributed by atoms with Crippen LogP contribution < -0.4 is 5.73 Å². The smallest absolute Gasteiger partial charge is 0.0589 e. The molecule has 0 amide bonds. The summed E-state index contributed by atoms with van der Waals surface area (Å²) in [6.07, 6.45) is 2.40. The number of hydrogen-bond donors (Lipinski definition) is 1. The maximum atomic E-state index is 5.96. The summed E-state index contributed by atoms with van der Waals surface area (Å²) in [7, 11) is 1.74. The number of hydrogen-bond acceptors (Lipinski definition) is 3. The monoisotopic (exact) mass is 172 g/mol. The number of ether oxygens (including phenoxy) is 1. The molecule has 1 aliphatic heterocycles. The van der Waals surface area contributed by atoms with E-state index in [1.807, 2.05) is 0 Å². The minimum Gasteiger partial charge on any atom is -0.383 e.